The van der Waals surface area contributed by atoms with Gasteiger partial charge >= 0.3 is 0 Å². The van der Waals surface area contributed by atoms with Gasteiger partial charge in [0.1, 0.15) is 0 Å². The summed E-state index contributed by atoms with van der Waals surface area (Å²) < 4.78 is 4.91. The number of methoxy groups -OCH3 is 1. The van der Waals surface area contributed by atoms with Gasteiger partial charge in [-0.1, -0.05) is 0 Å². The van der Waals surface area contributed by atoms with E-state index in [4.69, 9.17) is 4.74 Å². The normalized spacial score (nSPS) is 15.6. The van der Waals surface area contributed by atoms with Gasteiger partial charge in [0.05, 0.1) is 6.61 Å². The van der Waals surface area contributed by atoms with Gasteiger partial charge in [0, 0.05) is 39.7 Å². The number of amides is 1. The topological polar surface area (TPSA) is 41.6 Å². The van der Waals surface area contributed by atoms with Crippen LogP contribution in [0.25, 0.3) is 0 Å². The molecule has 4 nitrogen and oxygen atoms in total. The lowest BCUT2D eigenvalue weighted by atomic mass is 10.3. The van der Waals surface area contributed by atoms with Crippen molar-refractivity contribution in [1.29, 1.82) is 0 Å². The van der Waals surface area contributed by atoms with Gasteiger partial charge in [-0.05, 0) is 12.8 Å². The molecular formula is C10H20N2O2. The minimum atomic E-state index is 0.190. The van der Waals surface area contributed by atoms with Crippen LogP contribution in [-0.4, -0.2) is 50.7 Å². The Morgan fingerprint density at radius 2 is 2.29 bits per heavy atom. The zero-order valence-electron chi connectivity index (χ0n) is 9.08. The summed E-state index contributed by atoms with van der Waals surface area (Å²) in [5, 5.41) is 3.32. The minimum absolute atomic E-state index is 0.190. The predicted octanol–water partition coefficient (Wildman–Crippen LogP) is 0.233. The first-order valence-corrected chi connectivity index (χ1v) is 5.20. The van der Waals surface area contributed by atoms with Gasteiger partial charge in [-0.3, -0.25) is 4.79 Å². The number of carbonyl (C=O) groups excluding carboxylic acids is 1. The summed E-state index contributed by atoms with van der Waals surface area (Å²) in [6, 6.07) is 0.687. The van der Waals surface area contributed by atoms with Crippen molar-refractivity contribution in [2.24, 2.45) is 0 Å². The van der Waals surface area contributed by atoms with Crippen molar-refractivity contribution in [1.82, 2.24) is 10.2 Å². The third-order valence-corrected chi connectivity index (χ3v) is 2.41. The number of nitrogens with one attached hydrogen (secondary N) is 1. The van der Waals surface area contributed by atoms with Crippen LogP contribution >= 0.6 is 0 Å². The number of hydrogen-bond donors (Lipinski definition) is 1. The van der Waals surface area contributed by atoms with Crippen LogP contribution in [-0.2, 0) is 9.53 Å². The molecule has 1 rings (SSSR count). The second-order valence-corrected chi connectivity index (χ2v) is 3.79. The van der Waals surface area contributed by atoms with E-state index in [0.717, 1.165) is 6.54 Å². The summed E-state index contributed by atoms with van der Waals surface area (Å²) in [4.78, 5) is 13.2. The van der Waals surface area contributed by atoms with Crippen molar-refractivity contribution >= 4 is 5.91 Å². The maximum absolute atomic E-state index is 11.5. The van der Waals surface area contributed by atoms with Crippen molar-refractivity contribution in [2.75, 3.05) is 33.9 Å². The van der Waals surface area contributed by atoms with Crippen molar-refractivity contribution in [2.45, 2.75) is 25.3 Å². The van der Waals surface area contributed by atoms with Gasteiger partial charge in [-0.15, -0.1) is 0 Å². The number of likely N-dealkylation sites (N-methyl/N-ethyl adjacent to an activating group) is 1. The molecule has 1 N–H and O–H groups in total. The molecule has 0 aromatic carbocycles. The van der Waals surface area contributed by atoms with Gasteiger partial charge in [0.2, 0.25) is 5.91 Å². The van der Waals surface area contributed by atoms with Crippen molar-refractivity contribution in [3.63, 3.8) is 0 Å². The van der Waals surface area contributed by atoms with E-state index in [2.05, 4.69) is 5.32 Å². The molecule has 1 fully saturated rings. The lowest BCUT2D eigenvalue weighted by Crippen LogP contribution is -2.32. The monoisotopic (exact) mass is 200 g/mol. The number of rotatable bonds is 7. The van der Waals surface area contributed by atoms with Crippen LogP contribution in [0.15, 0.2) is 0 Å². The Bertz CT molecular complexity index is 181. The van der Waals surface area contributed by atoms with E-state index in [0.29, 0.717) is 25.6 Å². The van der Waals surface area contributed by atoms with E-state index in [1.165, 1.54) is 12.8 Å². The number of carbonyl (C=O) groups is 1. The Morgan fingerprint density at radius 3 is 2.86 bits per heavy atom. The molecule has 0 bridgehead atoms. The largest absolute Gasteiger partial charge is 0.383 e. The Hall–Kier alpha value is -0.610. The molecule has 0 aromatic heterocycles. The second kappa shape index (κ2) is 5.98. The van der Waals surface area contributed by atoms with Crippen LogP contribution in [0.2, 0.25) is 0 Å². The van der Waals surface area contributed by atoms with Crippen molar-refractivity contribution in [3.05, 3.63) is 0 Å². The third-order valence-electron chi connectivity index (χ3n) is 2.41. The lowest BCUT2D eigenvalue weighted by molar-refractivity contribution is -0.130. The van der Waals surface area contributed by atoms with Gasteiger partial charge in [0.25, 0.3) is 0 Å². The zero-order valence-corrected chi connectivity index (χ0v) is 9.08. The smallest absolute Gasteiger partial charge is 0.223 e. The molecule has 1 saturated carbocycles. The van der Waals surface area contributed by atoms with E-state index >= 15 is 0 Å². The molecule has 14 heavy (non-hydrogen) atoms. The first-order chi connectivity index (χ1) is 6.74. The van der Waals surface area contributed by atoms with E-state index < -0.39 is 0 Å². The van der Waals surface area contributed by atoms with Crippen molar-refractivity contribution in [3.8, 4) is 0 Å². The number of hydrogen-bond acceptors (Lipinski definition) is 3. The number of ether oxygens (including phenoxy) is 1. The molecule has 0 unspecified atom stereocenters. The Labute approximate surface area is 85.6 Å². The Kier molecular flexibility index (Phi) is 4.90. The molecule has 1 aliphatic carbocycles. The van der Waals surface area contributed by atoms with Gasteiger partial charge in [-0.25, -0.2) is 0 Å². The Balaban J connectivity index is 2.00. The molecule has 82 valence electrons. The number of nitrogens with zero attached hydrogens (tertiary/aromatic N) is 1. The highest BCUT2D eigenvalue weighted by Crippen LogP contribution is 2.18. The van der Waals surface area contributed by atoms with Crippen LogP contribution < -0.4 is 5.32 Å². The molecule has 4 heteroatoms. The van der Waals surface area contributed by atoms with Gasteiger partial charge in [0.15, 0.2) is 0 Å². The predicted molar refractivity (Wildman–Crippen MR) is 55.2 cm³/mol. The third kappa shape index (κ3) is 4.58. The van der Waals surface area contributed by atoms with E-state index in [1.807, 2.05) is 7.05 Å². The summed E-state index contributed by atoms with van der Waals surface area (Å²) in [5.41, 5.74) is 0. The second-order valence-electron chi connectivity index (χ2n) is 3.79. The minimum Gasteiger partial charge on any atom is -0.383 e. The highest BCUT2D eigenvalue weighted by molar-refractivity contribution is 5.76. The van der Waals surface area contributed by atoms with E-state index in [9.17, 15) is 4.79 Å². The van der Waals surface area contributed by atoms with Crippen LogP contribution in [0.4, 0.5) is 0 Å². The SMILES string of the molecule is COCCN(C)C(=O)CCNC1CC1. The zero-order chi connectivity index (χ0) is 10.4. The van der Waals surface area contributed by atoms with E-state index in [1.54, 1.807) is 12.0 Å². The molecule has 0 atom stereocenters. The fourth-order valence-electron chi connectivity index (χ4n) is 1.21. The first-order valence-electron chi connectivity index (χ1n) is 5.20. The van der Waals surface area contributed by atoms with Crippen LogP contribution in [0.1, 0.15) is 19.3 Å². The fourth-order valence-corrected chi connectivity index (χ4v) is 1.21. The van der Waals surface area contributed by atoms with E-state index in [-0.39, 0.29) is 5.91 Å². The van der Waals surface area contributed by atoms with Crippen molar-refractivity contribution < 1.29 is 9.53 Å². The highest BCUT2D eigenvalue weighted by Gasteiger charge is 2.20. The molecule has 0 aliphatic heterocycles. The quantitative estimate of drug-likeness (QED) is 0.640. The maximum Gasteiger partial charge on any atom is 0.223 e. The molecule has 0 aromatic rings. The molecule has 1 amide bonds. The van der Waals surface area contributed by atoms with Crippen LogP contribution in [0.5, 0.6) is 0 Å². The molecule has 0 spiro atoms. The van der Waals surface area contributed by atoms with Gasteiger partial charge in [-0.2, -0.15) is 0 Å². The average Bonchev–Trinajstić information content (AvgIpc) is 2.97. The maximum atomic E-state index is 11.5. The molecule has 0 saturated heterocycles. The molecule has 0 heterocycles. The highest BCUT2D eigenvalue weighted by atomic mass is 16.5. The molecular weight excluding hydrogens is 180 g/mol. The first kappa shape index (κ1) is 11.5. The van der Waals surface area contributed by atoms with Gasteiger partial charge < -0.3 is 15.0 Å². The molecule has 0 radical (unpaired) electrons. The Morgan fingerprint density at radius 1 is 1.57 bits per heavy atom. The van der Waals surface area contributed by atoms with Crippen LogP contribution in [0.3, 0.4) is 0 Å². The summed E-state index contributed by atoms with van der Waals surface area (Å²) in [7, 11) is 3.46. The fraction of sp³-hybridized carbons (Fsp3) is 0.900. The summed E-state index contributed by atoms with van der Waals surface area (Å²) in [5.74, 6) is 0.190. The summed E-state index contributed by atoms with van der Waals surface area (Å²) >= 11 is 0. The summed E-state index contributed by atoms with van der Waals surface area (Å²) in [6.07, 6.45) is 3.14. The van der Waals surface area contributed by atoms with Crippen LogP contribution in [0, 0.1) is 0 Å². The standard InChI is InChI=1S/C10H20N2O2/c1-12(7-8-14-2)10(13)5-6-11-9-3-4-9/h9,11H,3-8H2,1-2H3. The average molecular weight is 200 g/mol. The summed E-state index contributed by atoms with van der Waals surface area (Å²) in [6.45, 7) is 2.10. The molecule has 1 aliphatic rings. The lowest BCUT2D eigenvalue weighted by Gasteiger charge is -2.16.